The molecule has 0 fully saturated rings. The lowest BCUT2D eigenvalue weighted by molar-refractivity contribution is 0.354. The number of aromatic nitrogens is 1. The minimum Gasteiger partial charge on any atom is -0.493 e. The summed E-state index contributed by atoms with van der Waals surface area (Å²) in [7, 11) is -0.864. The minimum absolute atomic E-state index is 0.0557. The molecule has 2 aromatic heterocycles. The van der Waals surface area contributed by atoms with Gasteiger partial charge >= 0.3 is 0 Å². The summed E-state index contributed by atoms with van der Waals surface area (Å²) in [5, 5.41) is 3.08. The summed E-state index contributed by atoms with van der Waals surface area (Å²) in [6, 6.07) is 11.3. The molecule has 8 nitrogen and oxygen atoms in total. The van der Waals surface area contributed by atoms with E-state index in [-0.39, 0.29) is 4.90 Å². The lowest BCUT2D eigenvalue weighted by Crippen LogP contribution is -2.13. The topological polar surface area (TPSA) is 103 Å². The Labute approximate surface area is 157 Å². The highest BCUT2D eigenvalue weighted by molar-refractivity contribution is 7.92. The van der Waals surface area contributed by atoms with Crippen LogP contribution in [-0.2, 0) is 16.6 Å². The van der Waals surface area contributed by atoms with Crippen LogP contribution in [0.15, 0.2) is 64.2 Å². The Morgan fingerprint density at radius 2 is 1.89 bits per heavy atom. The van der Waals surface area contributed by atoms with E-state index in [0.717, 1.165) is 5.76 Å². The number of sulfonamides is 1. The molecular weight excluding hydrogens is 370 g/mol. The van der Waals surface area contributed by atoms with Crippen LogP contribution in [0, 0.1) is 0 Å². The van der Waals surface area contributed by atoms with Gasteiger partial charge in [0.05, 0.1) is 43.8 Å². The van der Waals surface area contributed by atoms with Gasteiger partial charge in [-0.1, -0.05) is 0 Å². The Morgan fingerprint density at radius 1 is 1.07 bits per heavy atom. The first-order chi connectivity index (χ1) is 13.0. The molecule has 3 aromatic rings. The molecule has 0 bridgehead atoms. The molecule has 1 aromatic carbocycles. The molecule has 0 radical (unpaired) electrons. The highest BCUT2D eigenvalue weighted by Gasteiger charge is 2.17. The highest BCUT2D eigenvalue weighted by atomic mass is 32.2. The van der Waals surface area contributed by atoms with E-state index < -0.39 is 10.0 Å². The molecular formula is C18H19N3O5S. The Balaban J connectivity index is 1.70. The third-order valence-corrected chi connectivity index (χ3v) is 5.08. The lowest BCUT2D eigenvalue weighted by Gasteiger charge is -2.12. The van der Waals surface area contributed by atoms with Crippen molar-refractivity contribution >= 4 is 21.5 Å². The van der Waals surface area contributed by atoms with Crippen LogP contribution in [0.5, 0.6) is 11.5 Å². The predicted molar refractivity (Wildman–Crippen MR) is 101 cm³/mol. The predicted octanol–water partition coefficient (Wildman–Crippen LogP) is 3.10. The van der Waals surface area contributed by atoms with Crippen molar-refractivity contribution in [3.63, 3.8) is 0 Å². The zero-order valence-corrected chi connectivity index (χ0v) is 15.6. The van der Waals surface area contributed by atoms with Gasteiger partial charge < -0.3 is 19.2 Å². The van der Waals surface area contributed by atoms with Crippen LogP contribution in [0.3, 0.4) is 0 Å². The number of nitrogens with one attached hydrogen (secondary N) is 2. The van der Waals surface area contributed by atoms with Crippen molar-refractivity contribution in [2.75, 3.05) is 24.3 Å². The molecule has 0 atom stereocenters. The van der Waals surface area contributed by atoms with Crippen LogP contribution >= 0.6 is 0 Å². The van der Waals surface area contributed by atoms with Crippen molar-refractivity contribution in [1.29, 1.82) is 0 Å². The molecule has 2 heterocycles. The van der Waals surface area contributed by atoms with Gasteiger partial charge in [-0.25, -0.2) is 13.4 Å². The number of hydrogen-bond acceptors (Lipinski definition) is 7. The standard InChI is InChI=1S/C18H19N3O5S/c1-24-16-7-6-15(10-17(16)25-2)27(22,23)21-13-5-8-18(19-11-13)20-12-14-4-3-9-26-14/h3-11,21H,12H2,1-2H3,(H,19,20). The molecule has 0 saturated carbocycles. The van der Waals surface area contributed by atoms with Gasteiger partial charge in [0.2, 0.25) is 0 Å². The van der Waals surface area contributed by atoms with Crippen molar-refractivity contribution in [2.24, 2.45) is 0 Å². The average Bonchev–Trinajstić information content (AvgIpc) is 3.20. The maximum atomic E-state index is 12.6. The average molecular weight is 389 g/mol. The molecule has 3 rings (SSSR count). The number of benzene rings is 1. The first-order valence-electron chi connectivity index (χ1n) is 7.99. The van der Waals surface area contributed by atoms with Crippen molar-refractivity contribution in [2.45, 2.75) is 11.4 Å². The van der Waals surface area contributed by atoms with E-state index in [2.05, 4.69) is 15.0 Å². The maximum Gasteiger partial charge on any atom is 0.262 e. The van der Waals surface area contributed by atoms with Crippen LogP contribution < -0.4 is 19.5 Å². The molecule has 0 aliphatic rings. The summed E-state index contributed by atoms with van der Waals surface area (Å²) in [6.07, 6.45) is 3.03. The summed E-state index contributed by atoms with van der Waals surface area (Å²) in [4.78, 5) is 4.25. The highest BCUT2D eigenvalue weighted by Crippen LogP contribution is 2.30. The van der Waals surface area contributed by atoms with Gasteiger partial charge in [-0.05, 0) is 36.4 Å². The van der Waals surface area contributed by atoms with E-state index in [1.165, 1.54) is 38.6 Å². The van der Waals surface area contributed by atoms with Gasteiger partial charge in [0.1, 0.15) is 11.6 Å². The Kier molecular flexibility index (Phi) is 5.51. The first-order valence-corrected chi connectivity index (χ1v) is 9.47. The van der Waals surface area contributed by atoms with Gasteiger partial charge in [-0.2, -0.15) is 0 Å². The van der Waals surface area contributed by atoms with E-state index in [9.17, 15) is 8.42 Å². The monoisotopic (exact) mass is 389 g/mol. The smallest absolute Gasteiger partial charge is 0.262 e. The van der Waals surface area contributed by atoms with Crippen LogP contribution in [0.25, 0.3) is 0 Å². The molecule has 0 aliphatic heterocycles. The molecule has 27 heavy (non-hydrogen) atoms. The van der Waals surface area contributed by atoms with Gasteiger partial charge in [-0.3, -0.25) is 4.72 Å². The van der Waals surface area contributed by atoms with Crippen LogP contribution in [-0.4, -0.2) is 27.6 Å². The number of pyridine rings is 1. The number of ether oxygens (including phenoxy) is 2. The number of methoxy groups -OCH3 is 2. The molecule has 0 amide bonds. The van der Waals surface area contributed by atoms with Crippen molar-refractivity contribution in [1.82, 2.24) is 4.98 Å². The minimum atomic E-state index is -3.79. The molecule has 142 valence electrons. The molecule has 0 aliphatic carbocycles. The largest absolute Gasteiger partial charge is 0.493 e. The molecule has 0 spiro atoms. The summed E-state index contributed by atoms with van der Waals surface area (Å²) >= 11 is 0. The second-order valence-electron chi connectivity index (χ2n) is 5.49. The molecule has 0 saturated heterocycles. The van der Waals surface area contributed by atoms with Crippen LogP contribution in [0.2, 0.25) is 0 Å². The number of anilines is 2. The van der Waals surface area contributed by atoms with Crippen molar-refractivity contribution in [3.8, 4) is 11.5 Å². The van der Waals surface area contributed by atoms with Gasteiger partial charge in [0.25, 0.3) is 10.0 Å². The third kappa shape index (κ3) is 4.50. The Hall–Kier alpha value is -3.20. The lowest BCUT2D eigenvalue weighted by atomic mass is 10.3. The zero-order chi connectivity index (χ0) is 19.3. The van der Waals surface area contributed by atoms with Crippen LogP contribution in [0.4, 0.5) is 11.5 Å². The van der Waals surface area contributed by atoms with Crippen molar-refractivity contribution in [3.05, 3.63) is 60.7 Å². The SMILES string of the molecule is COc1ccc(S(=O)(=O)Nc2ccc(NCc3ccco3)nc2)cc1OC. The third-order valence-electron chi connectivity index (χ3n) is 3.70. The second kappa shape index (κ2) is 8.00. The zero-order valence-electron chi connectivity index (χ0n) is 14.8. The maximum absolute atomic E-state index is 12.6. The first kappa shape index (κ1) is 18.6. The number of nitrogens with zero attached hydrogens (tertiary/aromatic N) is 1. The molecule has 9 heteroatoms. The number of hydrogen-bond donors (Lipinski definition) is 2. The number of rotatable bonds is 8. The summed E-state index contributed by atoms with van der Waals surface area (Å²) < 4.78 is 43.1. The van der Waals surface area contributed by atoms with Gasteiger partial charge in [0, 0.05) is 6.07 Å². The van der Waals surface area contributed by atoms with Gasteiger partial charge in [-0.15, -0.1) is 0 Å². The Morgan fingerprint density at radius 3 is 2.52 bits per heavy atom. The molecule has 0 unspecified atom stereocenters. The second-order valence-corrected chi connectivity index (χ2v) is 7.17. The fourth-order valence-corrected chi connectivity index (χ4v) is 3.41. The van der Waals surface area contributed by atoms with E-state index in [0.29, 0.717) is 29.5 Å². The van der Waals surface area contributed by atoms with Crippen molar-refractivity contribution < 1.29 is 22.3 Å². The summed E-state index contributed by atoms with van der Waals surface area (Å²) in [5.41, 5.74) is 0.341. The fourth-order valence-electron chi connectivity index (χ4n) is 2.35. The molecule has 2 N–H and O–H groups in total. The summed E-state index contributed by atoms with van der Waals surface area (Å²) in [6.45, 7) is 0.483. The van der Waals surface area contributed by atoms with E-state index in [1.807, 2.05) is 6.07 Å². The summed E-state index contributed by atoms with van der Waals surface area (Å²) in [5.74, 6) is 2.15. The van der Waals surface area contributed by atoms with E-state index in [1.54, 1.807) is 24.5 Å². The van der Waals surface area contributed by atoms with E-state index in [4.69, 9.17) is 13.9 Å². The van der Waals surface area contributed by atoms with Gasteiger partial charge in [0.15, 0.2) is 11.5 Å². The normalized spacial score (nSPS) is 11.0. The van der Waals surface area contributed by atoms with E-state index >= 15 is 0 Å². The fraction of sp³-hybridized carbons (Fsp3) is 0.167. The number of furan rings is 1. The Bertz CT molecular complexity index is 986. The quantitative estimate of drug-likeness (QED) is 0.610. The van der Waals surface area contributed by atoms with Crippen LogP contribution in [0.1, 0.15) is 5.76 Å².